The van der Waals surface area contributed by atoms with Gasteiger partial charge in [-0.3, -0.25) is 0 Å². The first kappa shape index (κ1) is 15.1. The Kier molecular flexibility index (Phi) is 3.94. The van der Waals surface area contributed by atoms with Gasteiger partial charge in [-0.1, -0.05) is 6.07 Å². The van der Waals surface area contributed by atoms with E-state index in [-0.39, 0.29) is 11.4 Å². The second-order valence-corrected chi connectivity index (χ2v) is 7.16. The molecule has 116 valence electrons. The third-order valence-electron chi connectivity index (χ3n) is 3.53. The highest BCUT2D eigenvalue weighted by Gasteiger charge is 2.19. The molecule has 1 N–H and O–H groups in total. The first-order chi connectivity index (χ1) is 10.5. The van der Waals surface area contributed by atoms with Crippen LogP contribution in [0, 0.1) is 13.8 Å². The van der Waals surface area contributed by atoms with Gasteiger partial charge in [0.15, 0.2) is 0 Å². The molecule has 2 aromatic heterocycles. The van der Waals surface area contributed by atoms with E-state index in [4.69, 9.17) is 0 Å². The number of benzene rings is 1. The Morgan fingerprint density at radius 2 is 2.09 bits per heavy atom. The zero-order chi connectivity index (χ0) is 15.7. The number of nitrogens with zero attached hydrogens (tertiary/aromatic N) is 4. The highest BCUT2D eigenvalue weighted by Crippen LogP contribution is 2.20. The highest BCUT2D eigenvalue weighted by molar-refractivity contribution is 7.89. The van der Waals surface area contributed by atoms with E-state index in [1.807, 2.05) is 18.4 Å². The molecule has 2 heterocycles. The van der Waals surface area contributed by atoms with Crippen LogP contribution in [0.2, 0.25) is 0 Å². The Morgan fingerprint density at radius 3 is 2.82 bits per heavy atom. The van der Waals surface area contributed by atoms with E-state index in [1.54, 1.807) is 24.5 Å². The van der Waals surface area contributed by atoms with Crippen LogP contribution in [0.15, 0.2) is 29.4 Å². The first-order valence-corrected chi connectivity index (χ1v) is 8.89. The molecule has 9 heteroatoms. The number of hydrogen-bond acceptors (Lipinski definition) is 6. The molecule has 0 unspecified atom stereocenters. The zero-order valence-corrected chi connectivity index (χ0v) is 13.8. The van der Waals surface area contributed by atoms with Crippen LogP contribution >= 0.6 is 11.7 Å². The molecule has 7 nitrogen and oxygen atoms in total. The lowest BCUT2D eigenvalue weighted by atomic mass is 10.3. The predicted octanol–water partition coefficient (Wildman–Crippen LogP) is 1.48. The van der Waals surface area contributed by atoms with Gasteiger partial charge in [0.1, 0.15) is 15.9 Å². The molecule has 0 fully saturated rings. The third-order valence-corrected chi connectivity index (χ3v) is 5.56. The van der Waals surface area contributed by atoms with E-state index in [9.17, 15) is 8.42 Å². The number of imidazole rings is 1. The monoisotopic (exact) mass is 337 g/mol. The minimum absolute atomic E-state index is 0.164. The van der Waals surface area contributed by atoms with Crippen molar-refractivity contribution in [3.8, 4) is 0 Å². The fourth-order valence-corrected chi connectivity index (χ4v) is 3.93. The van der Waals surface area contributed by atoms with E-state index in [0.717, 1.165) is 23.1 Å². The van der Waals surface area contributed by atoms with Crippen LogP contribution in [0.4, 0.5) is 0 Å². The summed E-state index contributed by atoms with van der Waals surface area (Å²) in [5.74, 6) is 0. The van der Waals surface area contributed by atoms with Crippen LogP contribution in [0.25, 0.3) is 11.0 Å². The second kappa shape index (κ2) is 5.75. The van der Waals surface area contributed by atoms with Crippen molar-refractivity contribution >= 4 is 32.8 Å². The van der Waals surface area contributed by atoms with Gasteiger partial charge in [0, 0.05) is 18.8 Å². The van der Waals surface area contributed by atoms with Gasteiger partial charge >= 0.3 is 0 Å². The van der Waals surface area contributed by atoms with Crippen molar-refractivity contribution in [1.82, 2.24) is 23.0 Å². The maximum atomic E-state index is 12.4. The summed E-state index contributed by atoms with van der Waals surface area (Å²) in [6.07, 6.45) is 1.71. The predicted molar refractivity (Wildman–Crippen MR) is 84.3 cm³/mol. The number of fused-ring (bicyclic) bond motifs is 1. The fraction of sp³-hybridized carbons (Fsp3) is 0.308. The maximum Gasteiger partial charge on any atom is 0.242 e. The Hall–Kier alpha value is -1.84. The summed E-state index contributed by atoms with van der Waals surface area (Å²) in [6.45, 7) is 4.69. The molecule has 22 heavy (non-hydrogen) atoms. The number of sulfonamides is 1. The van der Waals surface area contributed by atoms with Crippen molar-refractivity contribution in [2.75, 3.05) is 6.54 Å². The number of rotatable bonds is 5. The summed E-state index contributed by atoms with van der Waals surface area (Å²) in [4.78, 5) is 4.36. The molecule has 0 amide bonds. The maximum absolute atomic E-state index is 12.4. The summed E-state index contributed by atoms with van der Waals surface area (Å²) in [7, 11) is -3.61. The topological polar surface area (TPSA) is 89.8 Å². The number of hydrogen-bond donors (Lipinski definition) is 1. The molecule has 0 spiro atoms. The van der Waals surface area contributed by atoms with Crippen molar-refractivity contribution in [1.29, 1.82) is 0 Å². The van der Waals surface area contributed by atoms with Crippen molar-refractivity contribution in [3.63, 3.8) is 0 Å². The Labute approximate surface area is 132 Å². The van der Waals surface area contributed by atoms with E-state index >= 15 is 0 Å². The normalized spacial score (nSPS) is 12.1. The lowest BCUT2D eigenvalue weighted by molar-refractivity contribution is 0.572. The highest BCUT2D eigenvalue weighted by atomic mass is 32.2. The van der Waals surface area contributed by atoms with E-state index in [0.29, 0.717) is 17.6 Å². The molecule has 0 aliphatic heterocycles. The molecule has 0 radical (unpaired) electrons. The quantitative estimate of drug-likeness (QED) is 0.762. The summed E-state index contributed by atoms with van der Waals surface area (Å²) in [6, 6.07) is 4.95. The molecule has 0 bridgehead atoms. The summed E-state index contributed by atoms with van der Waals surface area (Å²) in [5, 5.41) is 0. The van der Waals surface area contributed by atoms with Gasteiger partial charge in [-0.2, -0.15) is 8.75 Å². The molecule has 0 saturated carbocycles. The summed E-state index contributed by atoms with van der Waals surface area (Å²) >= 11 is 1.00. The second-order valence-electron chi connectivity index (χ2n) is 4.89. The summed E-state index contributed by atoms with van der Waals surface area (Å²) in [5.41, 5.74) is 2.98. The van der Waals surface area contributed by atoms with Crippen LogP contribution < -0.4 is 4.72 Å². The van der Waals surface area contributed by atoms with E-state index in [2.05, 4.69) is 18.5 Å². The van der Waals surface area contributed by atoms with Crippen LogP contribution in [0.3, 0.4) is 0 Å². The molecule has 0 saturated heterocycles. The van der Waals surface area contributed by atoms with Crippen LogP contribution in [-0.4, -0.2) is 33.3 Å². The van der Waals surface area contributed by atoms with Crippen molar-refractivity contribution in [3.05, 3.63) is 35.9 Å². The van der Waals surface area contributed by atoms with Crippen molar-refractivity contribution in [2.45, 2.75) is 25.3 Å². The SMILES string of the molecule is Cc1ncn(CCNS(=O)(=O)c2cccc3nsnc23)c1C. The van der Waals surface area contributed by atoms with E-state index < -0.39 is 10.0 Å². The fourth-order valence-electron chi connectivity index (χ4n) is 2.15. The van der Waals surface area contributed by atoms with Gasteiger partial charge in [-0.25, -0.2) is 18.1 Å². The van der Waals surface area contributed by atoms with Crippen molar-refractivity contribution in [2.24, 2.45) is 0 Å². The van der Waals surface area contributed by atoms with Gasteiger partial charge in [0.2, 0.25) is 10.0 Å². The minimum Gasteiger partial charge on any atom is -0.333 e. The zero-order valence-electron chi connectivity index (χ0n) is 12.1. The smallest absolute Gasteiger partial charge is 0.242 e. The number of aromatic nitrogens is 4. The van der Waals surface area contributed by atoms with Gasteiger partial charge in [-0.05, 0) is 26.0 Å². The third kappa shape index (κ3) is 2.74. The molecule has 3 aromatic rings. The molecule has 1 aromatic carbocycles. The Balaban J connectivity index is 1.77. The first-order valence-electron chi connectivity index (χ1n) is 6.68. The number of nitrogens with one attached hydrogen (secondary N) is 1. The van der Waals surface area contributed by atoms with Gasteiger partial charge < -0.3 is 4.57 Å². The standard InChI is InChI=1S/C13H15N5O2S2/c1-9-10(2)18(8-14-9)7-6-15-22(19,20)12-5-3-4-11-13(12)17-21-16-11/h3-5,8,15H,6-7H2,1-2H3. The van der Waals surface area contributed by atoms with Crippen molar-refractivity contribution < 1.29 is 8.42 Å². The van der Waals surface area contributed by atoms with E-state index in [1.165, 1.54) is 0 Å². The van der Waals surface area contributed by atoms with Gasteiger partial charge in [-0.15, -0.1) is 0 Å². The molecule has 0 aliphatic rings. The molecular weight excluding hydrogens is 322 g/mol. The number of aryl methyl sites for hydroxylation is 1. The van der Waals surface area contributed by atoms with Crippen LogP contribution in [-0.2, 0) is 16.6 Å². The lowest BCUT2D eigenvalue weighted by Gasteiger charge is -2.09. The largest absolute Gasteiger partial charge is 0.333 e. The van der Waals surface area contributed by atoms with Gasteiger partial charge in [0.05, 0.1) is 23.7 Å². The average molecular weight is 337 g/mol. The molecular formula is C13H15N5O2S2. The molecule has 0 aliphatic carbocycles. The minimum atomic E-state index is -3.61. The lowest BCUT2D eigenvalue weighted by Crippen LogP contribution is -2.27. The molecule has 3 rings (SSSR count). The molecule has 0 atom stereocenters. The van der Waals surface area contributed by atoms with Gasteiger partial charge in [0.25, 0.3) is 0 Å². The average Bonchev–Trinajstić information content (AvgIpc) is 3.08. The Morgan fingerprint density at radius 1 is 1.27 bits per heavy atom. The van der Waals surface area contributed by atoms with Crippen LogP contribution in [0.5, 0.6) is 0 Å². The van der Waals surface area contributed by atoms with Crippen LogP contribution in [0.1, 0.15) is 11.4 Å². The summed E-state index contributed by atoms with van der Waals surface area (Å²) < 4.78 is 37.5. The Bertz CT molecular complexity index is 914.